The minimum atomic E-state index is 0.219. The standard InChI is InChI=1S/C29H44N4OS/c1-28(2)14-15-29(3,4)24-19-21(10-11-23(24)28)25-20-35-27(31-25)33-17-12-22(13-18-33)30-16-8-7-9-26(34)32(5)6/h10-11,19-20,22,30H,7-9,12-18H2,1-6H3. The van der Waals surface area contributed by atoms with Gasteiger partial charge >= 0.3 is 0 Å². The first-order chi connectivity index (χ1) is 16.6. The molecule has 2 aromatic rings. The maximum absolute atomic E-state index is 11.7. The zero-order chi connectivity index (χ0) is 25.2. The van der Waals surface area contributed by atoms with Gasteiger partial charge in [-0.3, -0.25) is 4.79 Å². The summed E-state index contributed by atoms with van der Waals surface area (Å²) in [4.78, 5) is 20.9. The van der Waals surface area contributed by atoms with Gasteiger partial charge in [0.25, 0.3) is 0 Å². The van der Waals surface area contributed by atoms with E-state index in [1.807, 2.05) is 14.1 Å². The quantitative estimate of drug-likeness (QED) is 0.457. The van der Waals surface area contributed by atoms with Gasteiger partial charge in [-0.2, -0.15) is 0 Å². The molecule has 1 amide bonds. The molecule has 0 radical (unpaired) electrons. The lowest BCUT2D eigenvalue weighted by molar-refractivity contribution is -0.128. The second-order valence-electron chi connectivity index (χ2n) is 12.0. The molecule has 1 N–H and O–H groups in total. The summed E-state index contributed by atoms with van der Waals surface area (Å²) < 4.78 is 0. The minimum Gasteiger partial charge on any atom is -0.349 e. The number of anilines is 1. The summed E-state index contributed by atoms with van der Waals surface area (Å²) in [5, 5.41) is 7.09. The lowest BCUT2D eigenvalue weighted by Crippen LogP contribution is -2.42. The largest absolute Gasteiger partial charge is 0.349 e. The highest BCUT2D eigenvalue weighted by molar-refractivity contribution is 7.14. The molecule has 0 spiro atoms. The summed E-state index contributed by atoms with van der Waals surface area (Å²) in [6.07, 6.45) is 7.44. The maximum atomic E-state index is 11.7. The summed E-state index contributed by atoms with van der Waals surface area (Å²) in [5.74, 6) is 0.226. The Morgan fingerprint density at radius 1 is 1.09 bits per heavy atom. The molecule has 4 rings (SSSR count). The molecule has 35 heavy (non-hydrogen) atoms. The van der Waals surface area contributed by atoms with E-state index in [9.17, 15) is 4.79 Å². The Bertz CT molecular complexity index is 1020. The fraction of sp³-hybridized carbons (Fsp3) is 0.655. The van der Waals surface area contributed by atoms with Crippen LogP contribution in [0.3, 0.4) is 0 Å². The zero-order valence-electron chi connectivity index (χ0n) is 22.6. The van der Waals surface area contributed by atoms with E-state index < -0.39 is 0 Å². The van der Waals surface area contributed by atoms with Gasteiger partial charge < -0.3 is 15.1 Å². The third kappa shape index (κ3) is 6.08. The second kappa shape index (κ2) is 10.6. The summed E-state index contributed by atoms with van der Waals surface area (Å²) >= 11 is 1.78. The number of thiazole rings is 1. The number of fused-ring (bicyclic) bond motifs is 1. The maximum Gasteiger partial charge on any atom is 0.222 e. The molecule has 6 heteroatoms. The van der Waals surface area contributed by atoms with E-state index in [1.54, 1.807) is 16.2 Å². The van der Waals surface area contributed by atoms with Crippen LogP contribution in [0.2, 0.25) is 0 Å². The van der Waals surface area contributed by atoms with Crippen molar-refractivity contribution in [1.29, 1.82) is 0 Å². The van der Waals surface area contributed by atoms with Crippen molar-refractivity contribution < 1.29 is 4.79 Å². The summed E-state index contributed by atoms with van der Waals surface area (Å²) in [7, 11) is 3.65. The number of benzene rings is 1. The third-order valence-electron chi connectivity index (χ3n) is 8.16. The normalized spacial score (nSPS) is 19.4. The van der Waals surface area contributed by atoms with E-state index in [1.165, 1.54) is 29.5 Å². The van der Waals surface area contributed by atoms with E-state index in [4.69, 9.17) is 4.98 Å². The molecule has 0 saturated carbocycles. The third-order valence-corrected chi connectivity index (χ3v) is 9.06. The number of hydrogen-bond donors (Lipinski definition) is 1. The van der Waals surface area contributed by atoms with Crippen molar-refractivity contribution in [2.45, 2.75) is 89.5 Å². The number of carbonyl (C=O) groups excluding carboxylic acids is 1. The lowest BCUT2D eigenvalue weighted by atomic mass is 9.63. The highest BCUT2D eigenvalue weighted by Crippen LogP contribution is 2.47. The van der Waals surface area contributed by atoms with Crippen LogP contribution < -0.4 is 10.2 Å². The molecule has 1 aliphatic carbocycles. The van der Waals surface area contributed by atoms with Crippen LogP contribution in [0.15, 0.2) is 23.6 Å². The van der Waals surface area contributed by atoms with Crippen LogP contribution >= 0.6 is 11.3 Å². The lowest BCUT2D eigenvalue weighted by Gasteiger charge is -2.42. The average Bonchev–Trinajstić information content (AvgIpc) is 3.32. The molecular weight excluding hydrogens is 452 g/mol. The fourth-order valence-corrected chi connectivity index (χ4v) is 6.38. The Kier molecular flexibility index (Phi) is 7.92. The summed E-state index contributed by atoms with van der Waals surface area (Å²) in [6, 6.07) is 7.62. The fourth-order valence-electron chi connectivity index (χ4n) is 5.50. The second-order valence-corrected chi connectivity index (χ2v) is 12.8. The van der Waals surface area contributed by atoms with E-state index in [0.29, 0.717) is 12.5 Å². The van der Waals surface area contributed by atoms with Gasteiger partial charge in [-0.1, -0.05) is 39.8 Å². The Hall–Kier alpha value is -1.92. The Morgan fingerprint density at radius 2 is 1.77 bits per heavy atom. The van der Waals surface area contributed by atoms with Crippen LogP contribution in [0.1, 0.15) is 83.8 Å². The molecule has 0 unspecified atom stereocenters. The average molecular weight is 497 g/mol. The molecule has 1 saturated heterocycles. The number of amides is 1. The number of carbonyl (C=O) groups is 1. The molecule has 1 aliphatic heterocycles. The zero-order valence-corrected chi connectivity index (χ0v) is 23.4. The van der Waals surface area contributed by atoms with Crippen molar-refractivity contribution in [3.8, 4) is 11.3 Å². The van der Waals surface area contributed by atoms with Crippen LogP contribution in [0.25, 0.3) is 11.3 Å². The first kappa shape index (κ1) is 26.2. The monoisotopic (exact) mass is 496 g/mol. The molecule has 1 aromatic carbocycles. The molecule has 0 atom stereocenters. The predicted molar refractivity (Wildman–Crippen MR) is 149 cm³/mol. The first-order valence-electron chi connectivity index (χ1n) is 13.4. The molecule has 2 heterocycles. The number of piperidine rings is 1. The molecule has 2 aliphatic rings. The molecule has 0 bridgehead atoms. The van der Waals surface area contributed by atoms with E-state index >= 15 is 0 Å². The molecule has 1 aromatic heterocycles. The van der Waals surface area contributed by atoms with Crippen LogP contribution in [0, 0.1) is 0 Å². The highest BCUT2D eigenvalue weighted by atomic mass is 32.1. The molecule has 1 fully saturated rings. The van der Waals surface area contributed by atoms with Crippen LogP contribution in [-0.4, -0.2) is 55.6 Å². The molecule has 5 nitrogen and oxygen atoms in total. The van der Waals surface area contributed by atoms with Crippen molar-refractivity contribution in [1.82, 2.24) is 15.2 Å². The van der Waals surface area contributed by atoms with Gasteiger partial charge in [0.05, 0.1) is 5.69 Å². The van der Waals surface area contributed by atoms with E-state index in [2.05, 4.69) is 61.5 Å². The topological polar surface area (TPSA) is 48.5 Å². The summed E-state index contributed by atoms with van der Waals surface area (Å²) in [5.41, 5.74) is 5.83. The summed E-state index contributed by atoms with van der Waals surface area (Å²) in [6.45, 7) is 12.6. The van der Waals surface area contributed by atoms with Crippen molar-refractivity contribution >= 4 is 22.4 Å². The SMILES string of the molecule is CN(C)C(=O)CCCCNC1CCN(c2nc(-c3ccc4c(c3)C(C)(C)CCC4(C)C)cs2)CC1. The highest BCUT2D eigenvalue weighted by Gasteiger charge is 2.37. The Balaban J connectivity index is 1.31. The van der Waals surface area contributed by atoms with Gasteiger partial charge in [-0.25, -0.2) is 4.98 Å². The van der Waals surface area contributed by atoms with Gasteiger partial charge in [0.15, 0.2) is 5.13 Å². The van der Waals surface area contributed by atoms with Gasteiger partial charge in [0, 0.05) is 50.6 Å². The molecular formula is C29H44N4OS. The van der Waals surface area contributed by atoms with Gasteiger partial charge in [0.2, 0.25) is 5.91 Å². The first-order valence-corrected chi connectivity index (χ1v) is 14.2. The van der Waals surface area contributed by atoms with Crippen molar-refractivity contribution in [2.75, 3.05) is 38.6 Å². The number of hydrogen-bond acceptors (Lipinski definition) is 5. The van der Waals surface area contributed by atoms with Gasteiger partial charge in [-0.05, 0) is 73.1 Å². The van der Waals surface area contributed by atoms with E-state index in [-0.39, 0.29) is 16.7 Å². The number of nitrogens with zero attached hydrogens (tertiary/aromatic N) is 3. The number of rotatable bonds is 8. The smallest absolute Gasteiger partial charge is 0.222 e. The van der Waals surface area contributed by atoms with Gasteiger partial charge in [-0.15, -0.1) is 11.3 Å². The van der Waals surface area contributed by atoms with Crippen molar-refractivity contribution in [3.05, 3.63) is 34.7 Å². The van der Waals surface area contributed by atoms with Crippen LogP contribution in [-0.2, 0) is 15.6 Å². The van der Waals surface area contributed by atoms with Gasteiger partial charge in [0.1, 0.15) is 0 Å². The Labute approximate surface area is 216 Å². The number of aromatic nitrogens is 1. The number of unbranched alkanes of at least 4 members (excludes halogenated alkanes) is 1. The Morgan fingerprint density at radius 3 is 2.46 bits per heavy atom. The van der Waals surface area contributed by atoms with Crippen molar-refractivity contribution in [2.24, 2.45) is 0 Å². The van der Waals surface area contributed by atoms with E-state index in [0.717, 1.165) is 56.1 Å². The molecule has 192 valence electrons. The number of nitrogens with one attached hydrogen (secondary N) is 1. The van der Waals surface area contributed by atoms with Crippen LogP contribution in [0.4, 0.5) is 5.13 Å². The minimum absolute atomic E-state index is 0.219. The van der Waals surface area contributed by atoms with Crippen molar-refractivity contribution in [3.63, 3.8) is 0 Å². The predicted octanol–water partition coefficient (Wildman–Crippen LogP) is 5.98. The van der Waals surface area contributed by atoms with Crippen LogP contribution in [0.5, 0.6) is 0 Å².